The van der Waals surface area contributed by atoms with Gasteiger partial charge in [0.2, 0.25) is 0 Å². The second-order valence-electron chi connectivity index (χ2n) is 5.45. The summed E-state index contributed by atoms with van der Waals surface area (Å²) in [7, 11) is 0. The van der Waals surface area contributed by atoms with Crippen molar-refractivity contribution in [2.45, 2.75) is 20.5 Å². The molecule has 0 spiro atoms. The number of ether oxygens (including phenoxy) is 1. The Hall–Kier alpha value is -2.46. The highest BCUT2D eigenvalue weighted by Crippen LogP contribution is 2.24. The molecular formula is C19H17NO2S. The van der Waals surface area contributed by atoms with Crippen LogP contribution < -0.4 is 0 Å². The van der Waals surface area contributed by atoms with Gasteiger partial charge in [-0.15, -0.1) is 11.3 Å². The molecule has 0 aliphatic heterocycles. The zero-order chi connectivity index (χ0) is 16.2. The van der Waals surface area contributed by atoms with E-state index in [1.54, 1.807) is 23.5 Å². The number of aromatic nitrogens is 1. The summed E-state index contributed by atoms with van der Waals surface area (Å²) in [6.07, 6.45) is 0. The second-order valence-corrected chi connectivity index (χ2v) is 6.31. The maximum absolute atomic E-state index is 12.0. The lowest BCUT2D eigenvalue weighted by Gasteiger charge is -2.03. The highest BCUT2D eigenvalue weighted by Gasteiger charge is 2.09. The number of aryl methyl sites for hydroxylation is 2. The molecule has 23 heavy (non-hydrogen) atoms. The number of rotatable bonds is 4. The lowest BCUT2D eigenvalue weighted by atomic mass is 10.1. The third kappa shape index (κ3) is 3.85. The molecule has 2 aromatic carbocycles. The van der Waals surface area contributed by atoms with Crippen LogP contribution in [0.1, 0.15) is 27.2 Å². The van der Waals surface area contributed by atoms with E-state index < -0.39 is 0 Å². The van der Waals surface area contributed by atoms with Crippen LogP contribution in [0.3, 0.4) is 0 Å². The van der Waals surface area contributed by atoms with E-state index in [-0.39, 0.29) is 12.6 Å². The van der Waals surface area contributed by atoms with Crippen LogP contribution in [-0.4, -0.2) is 11.0 Å². The van der Waals surface area contributed by atoms with Crippen LogP contribution in [0.25, 0.3) is 10.6 Å². The molecule has 0 bridgehead atoms. The Morgan fingerprint density at radius 2 is 1.61 bits per heavy atom. The number of hydrogen-bond acceptors (Lipinski definition) is 4. The van der Waals surface area contributed by atoms with Gasteiger partial charge in [0.1, 0.15) is 11.6 Å². The molecule has 0 aliphatic carbocycles. The zero-order valence-corrected chi connectivity index (χ0v) is 13.9. The average molecular weight is 323 g/mol. The van der Waals surface area contributed by atoms with E-state index in [0.29, 0.717) is 5.56 Å². The van der Waals surface area contributed by atoms with E-state index in [2.05, 4.69) is 36.2 Å². The molecule has 0 radical (unpaired) electrons. The predicted octanol–water partition coefficient (Wildman–Crippen LogP) is 4.78. The van der Waals surface area contributed by atoms with E-state index in [1.165, 1.54) is 5.56 Å². The van der Waals surface area contributed by atoms with Gasteiger partial charge in [-0.3, -0.25) is 0 Å². The fraction of sp³-hybridized carbons (Fsp3) is 0.158. The smallest absolute Gasteiger partial charge is 0.338 e. The molecule has 3 rings (SSSR count). The number of benzene rings is 2. The Kier molecular flexibility index (Phi) is 4.53. The lowest BCUT2D eigenvalue weighted by Crippen LogP contribution is -2.05. The van der Waals surface area contributed by atoms with Gasteiger partial charge in [0, 0.05) is 10.9 Å². The Labute approximate surface area is 139 Å². The summed E-state index contributed by atoms with van der Waals surface area (Å²) in [5.74, 6) is -0.324. The fourth-order valence-corrected chi connectivity index (χ4v) is 2.92. The molecule has 1 aromatic heterocycles. The molecule has 1 heterocycles. The molecule has 0 saturated heterocycles. The van der Waals surface area contributed by atoms with Gasteiger partial charge in [0.15, 0.2) is 0 Å². The molecule has 0 unspecified atom stereocenters. The highest BCUT2D eigenvalue weighted by molar-refractivity contribution is 7.13. The van der Waals surface area contributed by atoms with Gasteiger partial charge >= 0.3 is 5.97 Å². The number of carbonyl (C=O) groups excluding carboxylic acids is 1. The molecule has 0 saturated carbocycles. The Bertz CT molecular complexity index is 804. The number of esters is 1. The van der Waals surface area contributed by atoms with E-state index >= 15 is 0 Å². The van der Waals surface area contributed by atoms with Gasteiger partial charge in [-0.2, -0.15) is 0 Å². The first-order valence-electron chi connectivity index (χ1n) is 7.37. The maximum Gasteiger partial charge on any atom is 0.338 e. The number of carbonyl (C=O) groups is 1. The molecular weight excluding hydrogens is 306 g/mol. The van der Waals surface area contributed by atoms with Crippen LogP contribution >= 0.6 is 11.3 Å². The first-order chi connectivity index (χ1) is 11.1. The lowest BCUT2D eigenvalue weighted by molar-refractivity contribution is 0.0468. The van der Waals surface area contributed by atoms with Crippen LogP contribution in [0.5, 0.6) is 0 Å². The van der Waals surface area contributed by atoms with Gasteiger partial charge in [-0.25, -0.2) is 9.78 Å². The standard InChI is InChI=1S/C19H17NO2S/c1-13-3-7-15(8-4-13)18-20-17(12-23-18)11-22-19(21)16-9-5-14(2)6-10-16/h3-10,12H,11H2,1-2H3. The van der Waals surface area contributed by atoms with E-state index in [1.807, 2.05) is 24.4 Å². The average Bonchev–Trinajstić information content (AvgIpc) is 3.03. The maximum atomic E-state index is 12.0. The van der Waals surface area contributed by atoms with Crippen molar-refractivity contribution in [1.29, 1.82) is 0 Å². The quantitative estimate of drug-likeness (QED) is 0.648. The van der Waals surface area contributed by atoms with E-state index in [0.717, 1.165) is 21.8 Å². The summed E-state index contributed by atoms with van der Waals surface area (Å²) in [6.45, 7) is 4.23. The summed E-state index contributed by atoms with van der Waals surface area (Å²) < 4.78 is 5.33. The monoisotopic (exact) mass is 323 g/mol. The number of hydrogen-bond donors (Lipinski definition) is 0. The van der Waals surface area contributed by atoms with Crippen molar-refractivity contribution in [3.8, 4) is 10.6 Å². The third-order valence-electron chi connectivity index (χ3n) is 3.49. The van der Waals surface area contributed by atoms with E-state index in [4.69, 9.17) is 4.74 Å². The van der Waals surface area contributed by atoms with Gasteiger partial charge in [0.05, 0.1) is 11.3 Å². The van der Waals surface area contributed by atoms with Crippen LogP contribution in [0.4, 0.5) is 0 Å². The van der Waals surface area contributed by atoms with E-state index in [9.17, 15) is 4.79 Å². The van der Waals surface area contributed by atoms with Crippen LogP contribution in [-0.2, 0) is 11.3 Å². The number of nitrogens with zero attached hydrogens (tertiary/aromatic N) is 1. The van der Waals surface area contributed by atoms with Crippen molar-refractivity contribution in [3.63, 3.8) is 0 Å². The second kappa shape index (κ2) is 6.75. The molecule has 4 heteroatoms. The Balaban J connectivity index is 1.64. The normalized spacial score (nSPS) is 10.5. The Morgan fingerprint density at radius 3 is 2.26 bits per heavy atom. The first kappa shape index (κ1) is 15.4. The first-order valence-corrected chi connectivity index (χ1v) is 8.25. The predicted molar refractivity (Wildman–Crippen MR) is 92.6 cm³/mol. The Morgan fingerprint density at radius 1 is 1.00 bits per heavy atom. The van der Waals surface area contributed by atoms with Crippen LogP contribution in [0.2, 0.25) is 0 Å². The summed E-state index contributed by atoms with van der Waals surface area (Å²) in [5.41, 5.74) is 4.74. The zero-order valence-electron chi connectivity index (χ0n) is 13.1. The molecule has 0 N–H and O–H groups in total. The summed E-state index contributed by atoms with van der Waals surface area (Å²) in [4.78, 5) is 16.5. The van der Waals surface area contributed by atoms with Gasteiger partial charge in [0.25, 0.3) is 0 Å². The number of thiazole rings is 1. The highest BCUT2D eigenvalue weighted by atomic mass is 32.1. The summed E-state index contributed by atoms with van der Waals surface area (Å²) in [6, 6.07) is 15.6. The largest absolute Gasteiger partial charge is 0.456 e. The molecule has 116 valence electrons. The van der Waals surface area contributed by atoms with Crippen molar-refractivity contribution >= 4 is 17.3 Å². The molecule has 3 aromatic rings. The molecule has 0 aliphatic rings. The minimum Gasteiger partial charge on any atom is -0.456 e. The fourth-order valence-electron chi connectivity index (χ4n) is 2.11. The molecule has 3 nitrogen and oxygen atoms in total. The molecule has 0 atom stereocenters. The minimum absolute atomic E-state index is 0.190. The van der Waals surface area contributed by atoms with Crippen LogP contribution in [0, 0.1) is 13.8 Å². The summed E-state index contributed by atoms with van der Waals surface area (Å²) in [5, 5.41) is 2.86. The van der Waals surface area contributed by atoms with Gasteiger partial charge in [-0.1, -0.05) is 47.5 Å². The van der Waals surface area contributed by atoms with Gasteiger partial charge in [-0.05, 0) is 26.0 Å². The van der Waals surface area contributed by atoms with Crippen LogP contribution in [0.15, 0.2) is 53.9 Å². The van der Waals surface area contributed by atoms with Crippen molar-refractivity contribution in [2.24, 2.45) is 0 Å². The van der Waals surface area contributed by atoms with Crippen molar-refractivity contribution in [1.82, 2.24) is 4.98 Å². The SMILES string of the molecule is Cc1ccc(C(=O)OCc2csc(-c3ccc(C)cc3)n2)cc1. The summed E-state index contributed by atoms with van der Waals surface area (Å²) >= 11 is 1.56. The van der Waals surface area contributed by atoms with Gasteiger partial charge < -0.3 is 4.74 Å². The van der Waals surface area contributed by atoms with Crippen molar-refractivity contribution < 1.29 is 9.53 Å². The molecule has 0 fully saturated rings. The van der Waals surface area contributed by atoms with Crippen molar-refractivity contribution in [3.05, 3.63) is 76.3 Å². The molecule has 0 amide bonds. The third-order valence-corrected chi connectivity index (χ3v) is 4.43. The minimum atomic E-state index is -0.324. The van der Waals surface area contributed by atoms with Crippen molar-refractivity contribution in [2.75, 3.05) is 0 Å². The topological polar surface area (TPSA) is 39.2 Å².